The second-order valence-corrected chi connectivity index (χ2v) is 3.82. The number of hydrogen-bond acceptors (Lipinski definition) is 4. The smallest absolute Gasteiger partial charge is 0.114 e. The van der Waals surface area contributed by atoms with Crippen molar-refractivity contribution in [3.63, 3.8) is 0 Å². The molecule has 0 saturated heterocycles. The zero-order valence-electron chi connectivity index (χ0n) is 9.92. The number of aliphatic hydroxyl groups excluding tert-OH is 1. The summed E-state index contributed by atoms with van der Waals surface area (Å²) in [6, 6.07) is 7.94. The molecule has 17 heavy (non-hydrogen) atoms. The average molecular weight is 233 g/mol. The highest BCUT2D eigenvalue weighted by atomic mass is 16.5. The Morgan fingerprint density at radius 2 is 2.00 bits per heavy atom. The third-order valence-electron chi connectivity index (χ3n) is 2.55. The molecule has 2 aromatic rings. The molecule has 1 aromatic carbocycles. The first-order chi connectivity index (χ1) is 8.26. The Balaban J connectivity index is 2.43. The highest BCUT2D eigenvalue weighted by Gasteiger charge is 2.12. The van der Waals surface area contributed by atoms with E-state index in [2.05, 4.69) is 10.3 Å². The van der Waals surface area contributed by atoms with Crippen molar-refractivity contribution in [2.75, 3.05) is 7.11 Å². The molecule has 0 aliphatic rings. The fraction of sp³-hybridized carbons (Fsp3) is 0.333. The van der Waals surface area contributed by atoms with Gasteiger partial charge in [0, 0.05) is 7.11 Å². The van der Waals surface area contributed by atoms with Crippen molar-refractivity contribution in [2.24, 2.45) is 0 Å². The summed E-state index contributed by atoms with van der Waals surface area (Å²) in [5.41, 5.74) is 3.42. The molecule has 0 bridgehead atoms. The van der Waals surface area contributed by atoms with Gasteiger partial charge in [-0.15, -0.1) is 5.10 Å². The van der Waals surface area contributed by atoms with Crippen LogP contribution in [0.1, 0.15) is 17.0 Å². The Labute approximate surface area is 99.7 Å². The van der Waals surface area contributed by atoms with Crippen LogP contribution in [0.15, 0.2) is 24.3 Å². The maximum absolute atomic E-state index is 9.18. The van der Waals surface area contributed by atoms with Crippen LogP contribution >= 0.6 is 0 Å². The SMILES string of the molecule is COCc1c(CO)nnn1-c1ccc(C)cc1. The molecule has 0 fully saturated rings. The van der Waals surface area contributed by atoms with Crippen LogP contribution in [-0.4, -0.2) is 27.2 Å². The molecular weight excluding hydrogens is 218 g/mol. The molecule has 0 amide bonds. The van der Waals surface area contributed by atoms with E-state index in [1.165, 1.54) is 5.56 Å². The number of benzene rings is 1. The number of aryl methyl sites for hydroxylation is 1. The summed E-state index contributed by atoms with van der Waals surface area (Å²) in [7, 11) is 1.60. The standard InChI is InChI=1S/C12H15N3O2/c1-9-3-5-10(6-4-9)15-12(8-17-2)11(7-16)13-14-15/h3-6,16H,7-8H2,1-2H3. The normalized spacial score (nSPS) is 10.8. The molecule has 1 heterocycles. The lowest BCUT2D eigenvalue weighted by molar-refractivity contribution is 0.175. The van der Waals surface area contributed by atoms with Gasteiger partial charge in [0.2, 0.25) is 0 Å². The third-order valence-corrected chi connectivity index (χ3v) is 2.55. The van der Waals surface area contributed by atoms with Gasteiger partial charge in [-0.2, -0.15) is 0 Å². The van der Waals surface area contributed by atoms with Crippen molar-refractivity contribution >= 4 is 0 Å². The molecule has 0 spiro atoms. The minimum atomic E-state index is -0.134. The van der Waals surface area contributed by atoms with Gasteiger partial charge in [-0.3, -0.25) is 0 Å². The van der Waals surface area contributed by atoms with Crippen LogP contribution in [0.4, 0.5) is 0 Å². The summed E-state index contributed by atoms with van der Waals surface area (Å²) in [5, 5.41) is 17.1. The average Bonchev–Trinajstić information content (AvgIpc) is 2.74. The lowest BCUT2D eigenvalue weighted by atomic mass is 10.2. The zero-order chi connectivity index (χ0) is 12.3. The molecule has 0 radical (unpaired) electrons. The van der Waals surface area contributed by atoms with Crippen molar-refractivity contribution in [3.05, 3.63) is 41.2 Å². The predicted molar refractivity (Wildman–Crippen MR) is 62.7 cm³/mol. The lowest BCUT2D eigenvalue weighted by Crippen LogP contribution is -2.05. The Morgan fingerprint density at radius 3 is 2.59 bits per heavy atom. The van der Waals surface area contributed by atoms with Crippen LogP contribution in [0.2, 0.25) is 0 Å². The first-order valence-corrected chi connectivity index (χ1v) is 5.36. The summed E-state index contributed by atoms with van der Waals surface area (Å²) < 4.78 is 6.79. The van der Waals surface area contributed by atoms with Gasteiger partial charge in [-0.05, 0) is 19.1 Å². The summed E-state index contributed by atoms with van der Waals surface area (Å²) in [6.07, 6.45) is 0. The zero-order valence-corrected chi connectivity index (χ0v) is 9.92. The molecule has 1 N–H and O–H groups in total. The number of aliphatic hydroxyl groups is 1. The van der Waals surface area contributed by atoms with E-state index in [4.69, 9.17) is 4.74 Å². The van der Waals surface area contributed by atoms with Crippen LogP contribution in [0, 0.1) is 6.92 Å². The number of ether oxygens (including phenoxy) is 1. The monoisotopic (exact) mass is 233 g/mol. The molecule has 0 aliphatic carbocycles. The van der Waals surface area contributed by atoms with Gasteiger partial charge in [0.15, 0.2) is 0 Å². The molecule has 0 atom stereocenters. The molecule has 2 rings (SSSR count). The minimum Gasteiger partial charge on any atom is -0.390 e. The fourth-order valence-corrected chi connectivity index (χ4v) is 1.63. The van der Waals surface area contributed by atoms with Crippen LogP contribution in [0.3, 0.4) is 0 Å². The number of aromatic nitrogens is 3. The van der Waals surface area contributed by atoms with Crippen molar-refractivity contribution in [1.82, 2.24) is 15.0 Å². The molecule has 5 heteroatoms. The van der Waals surface area contributed by atoms with E-state index in [1.54, 1.807) is 11.8 Å². The summed E-state index contributed by atoms with van der Waals surface area (Å²) in [4.78, 5) is 0. The van der Waals surface area contributed by atoms with Crippen molar-refractivity contribution < 1.29 is 9.84 Å². The number of rotatable bonds is 4. The van der Waals surface area contributed by atoms with Crippen molar-refractivity contribution in [3.8, 4) is 5.69 Å². The Hall–Kier alpha value is -1.72. The molecule has 1 aromatic heterocycles. The Kier molecular flexibility index (Phi) is 3.51. The Bertz CT molecular complexity index is 491. The number of nitrogens with zero attached hydrogens (tertiary/aromatic N) is 3. The van der Waals surface area contributed by atoms with E-state index in [-0.39, 0.29) is 6.61 Å². The van der Waals surface area contributed by atoms with E-state index in [9.17, 15) is 5.11 Å². The molecular formula is C12H15N3O2. The van der Waals surface area contributed by atoms with Gasteiger partial charge in [0.05, 0.1) is 24.6 Å². The highest BCUT2D eigenvalue weighted by molar-refractivity contribution is 5.35. The van der Waals surface area contributed by atoms with Gasteiger partial charge in [0.1, 0.15) is 5.69 Å². The van der Waals surface area contributed by atoms with Crippen molar-refractivity contribution in [1.29, 1.82) is 0 Å². The van der Waals surface area contributed by atoms with Crippen LogP contribution < -0.4 is 0 Å². The largest absolute Gasteiger partial charge is 0.390 e. The molecule has 0 unspecified atom stereocenters. The van der Waals surface area contributed by atoms with Gasteiger partial charge < -0.3 is 9.84 Å². The molecule has 90 valence electrons. The topological polar surface area (TPSA) is 60.2 Å². The number of hydrogen-bond donors (Lipinski definition) is 1. The van der Waals surface area contributed by atoms with Gasteiger partial charge in [-0.1, -0.05) is 22.9 Å². The van der Waals surface area contributed by atoms with E-state index >= 15 is 0 Å². The van der Waals surface area contributed by atoms with E-state index in [0.717, 1.165) is 11.4 Å². The second kappa shape index (κ2) is 5.07. The molecule has 5 nitrogen and oxygen atoms in total. The minimum absolute atomic E-state index is 0.134. The summed E-state index contributed by atoms with van der Waals surface area (Å²) in [5.74, 6) is 0. The lowest BCUT2D eigenvalue weighted by Gasteiger charge is -2.06. The number of methoxy groups -OCH3 is 1. The van der Waals surface area contributed by atoms with Crippen molar-refractivity contribution in [2.45, 2.75) is 20.1 Å². The van der Waals surface area contributed by atoms with Gasteiger partial charge >= 0.3 is 0 Å². The summed E-state index contributed by atoms with van der Waals surface area (Å²) >= 11 is 0. The molecule has 0 saturated carbocycles. The van der Waals surface area contributed by atoms with E-state index < -0.39 is 0 Å². The molecule has 0 aliphatic heterocycles. The predicted octanol–water partition coefficient (Wildman–Crippen LogP) is 1.21. The van der Waals surface area contributed by atoms with Crippen LogP contribution in [0.25, 0.3) is 5.69 Å². The van der Waals surface area contributed by atoms with E-state index in [1.807, 2.05) is 31.2 Å². The maximum atomic E-state index is 9.18. The summed E-state index contributed by atoms with van der Waals surface area (Å²) in [6.45, 7) is 2.27. The quantitative estimate of drug-likeness (QED) is 0.862. The van der Waals surface area contributed by atoms with Crippen LogP contribution in [-0.2, 0) is 18.0 Å². The van der Waals surface area contributed by atoms with Gasteiger partial charge in [0.25, 0.3) is 0 Å². The third kappa shape index (κ3) is 2.35. The van der Waals surface area contributed by atoms with Gasteiger partial charge in [-0.25, -0.2) is 4.68 Å². The Morgan fingerprint density at radius 1 is 1.29 bits per heavy atom. The first-order valence-electron chi connectivity index (χ1n) is 5.36. The second-order valence-electron chi connectivity index (χ2n) is 3.82. The van der Waals surface area contributed by atoms with Crippen LogP contribution in [0.5, 0.6) is 0 Å². The fourth-order valence-electron chi connectivity index (χ4n) is 1.63. The first kappa shape index (κ1) is 11.8. The highest BCUT2D eigenvalue weighted by Crippen LogP contribution is 2.14. The van der Waals surface area contributed by atoms with E-state index in [0.29, 0.717) is 12.3 Å². The maximum Gasteiger partial charge on any atom is 0.114 e.